The van der Waals surface area contributed by atoms with Gasteiger partial charge in [-0.3, -0.25) is 9.80 Å². The molecule has 1 saturated carbocycles. The third-order valence-electron chi connectivity index (χ3n) is 4.53. The summed E-state index contributed by atoms with van der Waals surface area (Å²) < 4.78 is 16.2. The van der Waals surface area contributed by atoms with Crippen LogP contribution >= 0.6 is 0 Å². The number of halogens is 1. The number of nitrogens with zero attached hydrogens (tertiary/aromatic N) is 3. The molecule has 3 heterocycles. The molecule has 2 aromatic rings. The largest absolute Gasteiger partial charge is 0.477 e. The number of aromatic carboxylic acids is 1. The molecule has 1 aliphatic heterocycles. The van der Waals surface area contributed by atoms with Crippen molar-refractivity contribution in [3.05, 3.63) is 33.9 Å². The Labute approximate surface area is 136 Å². The van der Waals surface area contributed by atoms with Gasteiger partial charge in [-0.15, -0.1) is 0 Å². The van der Waals surface area contributed by atoms with Gasteiger partial charge in [0.05, 0.1) is 5.39 Å². The predicted molar refractivity (Wildman–Crippen MR) is 85.8 cm³/mol. The summed E-state index contributed by atoms with van der Waals surface area (Å²) in [4.78, 5) is 28.1. The van der Waals surface area contributed by atoms with E-state index in [1.165, 1.54) is 6.20 Å². The van der Waals surface area contributed by atoms with E-state index in [-0.39, 0.29) is 28.9 Å². The van der Waals surface area contributed by atoms with Gasteiger partial charge >= 0.3 is 5.97 Å². The smallest absolute Gasteiger partial charge is 0.341 e. The maximum atomic E-state index is 14.5. The zero-order valence-corrected chi connectivity index (χ0v) is 13.1. The molecular weight excluding hydrogens is 315 g/mol. The Morgan fingerprint density at radius 3 is 2.75 bits per heavy atom. The Bertz CT molecular complexity index is 906. The quantitative estimate of drug-likeness (QED) is 0.889. The van der Waals surface area contributed by atoms with Crippen LogP contribution in [0.4, 0.5) is 10.2 Å². The molecule has 0 radical (unpaired) electrons. The number of hydrazine groups is 1. The number of carboxylic acid groups (broad SMARTS) is 1. The molecule has 0 aromatic carbocycles. The number of aromatic nitrogens is 2. The molecular formula is C16H17FN4O3. The van der Waals surface area contributed by atoms with Crippen molar-refractivity contribution in [1.29, 1.82) is 0 Å². The molecule has 4 rings (SSSR count). The van der Waals surface area contributed by atoms with Gasteiger partial charge in [0.2, 0.25) is 5.43 Å². The summed E-state index contributed by atoms with van der Waals surface area (Å²) >= 11 is 0. The number of fused-ring (bicyclic) bond motifs is 1. The highest BCUT2D eigenvalue weighted by atomic mass is 19.1. The first kappa shape index (κ1) is 15.1. The molecule has 2 aliphatic rings. The van der Waals surface area contributed by atoms with E-state index in [2.05, 4.69) is 10.4 Å². The average Bonchev–Trinajstić information content (AvgIpc) is 3.28. The van der Waals surface area contributed by atoms with Crippen LogP contribution in [0.5, 0.6) is 0 Å². The first-order chi connectivity index (χ1) is 11.5. The van der Waals surface area contributed by atoms with Crippen molar-refractivity contribution in [3.63, 3.8) is 0 Å². The third kappa shape index (κ3) is 2.34. The Hall–Kier alpha value is -2.48. The number of nitrogens with one attached hydrogen (secondary N) is 1. The van der Waals surface area contributed by atoms with Gasteiger partial charge in [-0.05, 0) is 32.3 Å². The monoisotopic (exact) mass is 332 g/mol. The summed E-state index contributed by atoms with van der Waals surface area (Å²) in [6.45, 7) is 2.62. The summed E-state index contributed by atoms with van der Waals surface area (Å²) in [7, 11) is 0. The summed E-state index contributed by atoms with van der Waals surface area (Å²) in [6, 6.07) is 1.44. The van der Waals surface area contributed by atoms with Gasteiger partial charge in [-0.1, -0.05) is 0 Å². The number of carboxylic acids is 1. The fraction of sp³-hybridized carbons (Fsp3) is 0.438. The SMILES string of the molecule is CC1CCN(c2nc3c(cc2F)c(=O)c(C(=O)O)cn3C2CC2)N1. The van der Waals surface area contributed by atoms with Gasteiger partial charge < -0.3 is 9.67 Å². The lowest BCUT2D eigenvalue weighted by Crippen LogP contribution is -2.35. The first-order valence-corrected chi connectivity index (χ1v) is 7.98. The normalized spacial score (nSPS) is 20.8. The summed E-state index contributed by atoms with van der Waals surface area (Å²) in [6.07, 6.45) is 3.99. The van der Waals surface area contributed by atoms with Crippen molar-refractivity contribution in [2.24, 2.45) is 0 Å². The molecule has 7 nitrogen and oxygen atoms in total. The van der Waals surface area contributed by atoms with Crippen molar-refractivity contribution in [2.45, 2.75) is 38.3 Å². The standard InChI is InChI=1S/C16H17FN4O3/c1-8-4-5-21(19-8)15-12(17)6-10-13(22)11(16(23)24)7-20(9-2-3-9)14(10)18-15/h6-9,19H,2-5H2,1H3,(H,23,24). The van der Waals surface area contributed by atoms with E-state index in [9.17, 15) is 19.1 Å². The van der Waals surface area contributed by atoms with E-state index in [4.69, 9.17) is 0 Å². The molecule has 2 fully saturated rings. The number of hydrogen-bond donors (Lipinski definition) is 2. The minimum absolute atomic E-state index is 0.00953. The summed E-state index contributed by atoms with van der Waals surface area (Å²) in [5.41, 5.74) is 2.42. The van der Waals surface area contributed by atoms with Gasteiger partial charge in [-0.25, -0.2) is 19.6 Å². The molecule has 2 aromatic heterocycles. The average molecular weight is 332 g/mol. The first-order valence-electron chi connectivity index (χ1n) is 7.98. The van der Waals surface area contributed by atoms with Crippen molar-refractivity contribution in [2.75, 3.05) is 11.6 Å². The van der Waals surface area contributed by atoms with Crippen LogP contribution in [0, 0.1) is 5.82 Å². The Morgan fingerprint density at radius 1 is 1.42 bits per heavy atom. The minimum Gasteiger partial charge on any atom is -0.477 e. The molecule has 0 bridgehead atoms. The number of rotatable bonds is 3. The topological polar surface area (TPSA) is 87.5 Å². The van der Waals surface area contributed by atoms with Gasteiger partial charge in [0.15, 0.2) is 11.6 Å². The fourth-order valence-electron chi connectivity index (χ4n) is 3.10. The lowest BCUT2D eigenvalue weighted by atomic mass is 10.2. The van der Waals surface area contributed by atoms with Crippen LogP contribution in [0.25, 0.3) is 11.0 Å². The highest BCUT2D eigenvalue weighted by molar-refractivity contribution is 5.92. The molecule has 1 aliphatic carbocycles. The van der Waals surface area contributed by atoms with Gasteiger partial charge in [0, 0.05) is 24.8 Å². The van der Waals surface area contributed by atoms with Crippen molar-refractivity contribution in [3.8, 4) is 0 Å². The minimum atomic E-state index is -1.31. The lowest BCUT2D eigenvalue weighted by molar-refractivity contribution is 0.0695. The molecule has 0 amide bonds. The Kier molecular flexibility index (Phi) is 3.31. The fourth-order valence-corrected chi connectivity index (χ4v) is 3.10. The zero-order chi connectivity index (χ0) is 17.0. The van der Waals surface area contributed by atoms with E-state index in [0.29, 0.717) is 12.2 Å². The number of hydrogen-bond acceptors (Lipinski definition) is 5. The Balaban J connectivity index is 1.95. The van der Waals surface area contributed by atoms with Crippen molar-refractivity contribution >= 4 is 22.8 Å². The molecule has 1 atom stereocenters. The van der Waals surface area contributed by atoms with Crippen LogP contribution in [0.15, 0.2) is 17.1 Å². The van der Waals surface area contributed by atoms with Gasteiger partial charge in [-0.2, -0.15) is 0 Å². The van der Waals surface area contributed by atoms with Gasteiger partial charge in [0.1, 0.15) is 11.2 Å². The van der Waals surface area contributed by atoms with E-state index < -0.39 is 17.2 Å². The van der Waals surface area contributed by atoms with Crippen LogP contribution in [-0.4, -0.2) is 33.2 Å². The van der Waals surface area contributed by atoms with Gasteiger partial charge in [0.25, 0.3) is 0 Å². The van der Waals surface area contributed by atoms with Crippen LogP contribution in [0.3, 0.4) is 0 Å². The van der Waals surface area contributed by atoms with Crippen molar-refractivity contribution < 1.29 is 14.3 Å². The molecule has 126 valence electrons. The third-order valence-corrected chi connectivity index (χ3v) is 4.53. The zero-order valence-electron chi connectivity index (χ0n) is 13.1. The number of carbonyl (C=O) groups is 1. The van der Waals surface area contributed by atoms with Crippen LogP contribution in [0.1, 0.15) is 42.6 Å². The second kappa shape index (κ2) is 5.27. The second-order valence-electron chi connectivity index (χ2n) is 6.45. The van der Waals surface area contributed by atoms with Crippen molar-refractivity contribution in [1.82, 2.24) is 15.0 Å². The van der Waals surface area contributed by atoms with E-state index in [0.717, 1.165) is 25.3 Å². The summed E-state index contributed by atoms with van der Waals surface area (Å²) in [5.74, 6) is -1.80. The number of anilines is 1. The molecule has 1 saturated heterocycles. The Morgan fingerprint density at radius 2 is 2.17 bits per heavy atom. The van der Waals surface area contributed by atoms with E-state index >= 15 is 0 Å². The highest BCUT2D eigenvalue weighted by Crippen LogP contribution is 2.37. The predicted octanol–water partition coefficient (Wildman–Crippen LogP) is 1.67. The van der Waals surface area contributed by atoms with Crippen LogP contribution in [-0.2, 0) is 0 Å². The van der Waals surface area contributed by atoms with E-state index in [1.807, 2.05) is 6.92 Å². The summed E-state index contributed by atoms with van der Waals surface area (Å²) in [5, 5.41) is 10.9. The molecule has 1 unspecified atom stereocenters. The molecule has 24 heavy (non-hydrogen) atoms. The van der Waals surface area contributed by atoms with E-state index in [1.54, 1.807) is 9.58 Å². The molecule has 2 N–H and O–H groups in total. The molecule has 8 heteroatoms. The molecule has 0 spiro atoms. The van der Waals surface area contributed by atoms with Crippen LogP contribution in [0.2, 0.25) is 0 Å². The lowest BCUT2D eigenvalue weighted by Gasteiger charge is -2.20. The second-order valence-corrected chi connectivity index (χ2v) is 6.45. The number of pyridine rings is 2. The van der Waals surface area contributed by atoms with Crippen LogP contribution < -0.4 is 15.9 Å². The maximum Gasteiger partial charge on any atom is 0.341 e. The highest BCUT2D eigenvalue weighted by Gasteiger charge is 2.29. The maximum absolute atomic E-state index is 14.5.